The molecule has 336 valence electrons. The maximum absolute atomic E-state index is 13.0. The van der Waals surface area contributed by atoms with E-state index in [1.54, 1.807) is 0 Å². The summed E-state index contributed by atoms with van der Waals surface area (Å²) in [5.74, 6) is 0.0725. The van der Waals surface area contributed by atoms with E-state index in [2.05, 4.69) is 28.7 Å². The molecule has 1 aliphatic rings. The fraction of sp³-hybridized carbons (Fsp3) is 0.857. The van der Waals surface area contributed by atoms with E-state index in [4.69, 9.17) is 28.0 Å². The number of phosphoric acid groups is 1. The Hall–Kier alpha value is -2.13. The Morgan fingerprint density at radius 2 is 1.40 bits per heavy atom. The average molecular weight is 862 g/mol. The van der Waals surface area contributed by atoms with Crippen LogP contribution in [0.25, 0.3) is 5.57 Å². The second kappa shape index (κ2) is 30.0. The van der Waals surface area contributed by atoms with Crippen LogP contribution in [0.4, 0.5) is 4.79 Å². The van der Waals surface area contributed by atoms with Crippen molar-refractivity contribution in [1.82, 2.24) is 8.75 Å². The first-order valence-corrected chi connectivity index (χ1v) is 24.3. The van der Waals surface area contributed by atoms with Crippen LogP contribution >= 0.6 is 19.6 Å². The summed E-state index contributed by atoms with van der Waals surface area (Å²) in [7, 11) is 2.96. The van der Waals surface area contributed by atoms with Gasteiger partial charge >= 0.3 is 12.1 Å². The number of nitrogens with zero attached hydrogens (tertiary/aromatic N) is 4. The number of carbonyl (C=O) groups excluding carboxylic acids is 2. The van der Waals surface area contributed by atoms with E-state index in [-0.39, 0.29) is 26.4 Å². The monoisotopic (exact) mass is 862 g/mol. The average Bonchev–Trinajstić information content (AvgIpc) is 3.65. The van der Waals surface area contributed by atoms with Gasteiger partial charge in [-0.25, -0.2) is 4.79 Å². The molecule has 0 N–H and O–H groups in total. The summed E-state index contributed by atoms with van der Waals surface area (Å²) in [6, 6.07) is 0. The Morgan fingerprint density at radius 1 is 0.810 bits per heavy atom. The van der Waals surface area contributed by atoms with Crippen LogP contribution in [0.15, 0.2) is 6.08 Å². The first-order chi connectivity index (χ1) is 27.8. The maximum Gasteiger partial charge on any atom is 0.513 e. The van der Waals surface area contributed by atoms with Crippen molar-refractivity contribution in [3.05, 3.63) is 11.8 Å². The van der Waals surface area contributed by atoms with E-state index in [1.807, 2.05) is 28.2 Å². The normalized spacial score (nSPS) is 17.3. The Balaban J connectivity index is 1.80. The van der Waals surface area contributed by atoms with Gasteiger partial charge in [-0.2, -0.15) is 4.37 Å². The second-order valence-corrected chi connectivity index (χ2v) is 19.0. The SMILES string of the molecule is CCCCCCCCCCCCCCCCCC(=O)OCC(COP(=O)([O-])OCC[N+](C)(C)C)OC(=O)OC[N+]1(C)CCC=C(c2nsnc2OCCCCCC)C1. The summed E-state index contributed by atoms with van der Waals surface area (Å²) < 4.78 is 54.7. The Bertz CT molecular complexity index is 1340. The zero-order valence-electron chi connectivity index (χ0n) is 36.9. The van der Waals surface area contributed by atoms with E-state index in [1.165, 1.54) is 77.0 Å². The minimum absolute atomic E-state index is 0.0122. The molecule has 14 nitrogen and oxygen atoms in total. The van der Waals surface area contributed by atoms with Gasteiger partial charge in [0.2, 0.25) is 6.73 Å². The fourth-order valence-corrected chi connectivity index (χ4v) is 7.85. The molecule has 58 heavy (non-hydrogen) atoms. The van der Waals surface area contributed by atoms with Gasteiger partial charge in [0.25, 0.3) is 13.7 Å². The largest absolute Gasteiger partial charge is 0.756 e. The molecule has 0 saturated carbocycles. The molecule has 0 saturated heterocycles. The van der Waals surface area contributed by atoms with Crippen molar-refractivity contribution in [2.45, 2.75) is 155 Å². The minimum atomic E-state index is -4.73. The maximum atomic E-state index is 13.0. The van der Waals surface area contributed by atoms with Gasteiger partial charge in [0, 0.05) is 18.4 Å². The summed E-state index contributed by atoms with van der Waals surface area (Å²) in [5.41, 5.74) is 1.67. The standard InChI is InChI=1S/C42H78N4O10PS/c1-7-9-11-13-14-15-16-17-18-19-20-21-22-23-24-28-39(47)52-34-38(35-55-57(49,50)54-32-30-45(3,4)5)56-42(48)53-36-46(6)29-26-27-37(33-46)40-41(44-58-43-40)51-31-25-12-10-8-2/h27,38H,7-26,28-36H2,1-6H3/q+1. The molecule has 0 bridgehead atoms. The lowest BCUT2D eigenvalue weighted by Gasteiger charge is -2.36. The first-order valence-electron chi connectivity index (χ1n) is 22.1. The zero-order valence-corrected chi connectivity index (χ0v) is 38.6. The van der Waals surface area contributed by atoms with Gasteiger partial charge in [0.1, 0.15) is 32.0 Å². The minimum Gasteiger partial charge on any atom is -0.756 e. The van der Waals surface area contributed by atoms with Crippen LogP contribution in [0, 0.1) is 0 Å². The summed E-state index contributed by atoms with van der Waals surface area (Å²) in [6.45, 7) is 5.59. The van der Waals surface area contributed by atoms with Crippen LogP contribution < -0.4 is 9.63 Å². The van der Waals surface area contributed by atoms with Crippen molar-refractivity contribution in [3.63, 3.8) is 0 Å². The summed E-state index contributed by atoms with van der Waals surface area (Å²) >= 11 is 1.11. The third kappa shape index (κ3) is 25.5. The summed E-state index contributed by atoms with van der Waals surface area (Å²) in [6.07, 6.45) is 23.6. The highest BCUT2D eigenvalue weighted by molar-refractivity contribution is 7.45. The van der Waals surface area contributed by atoms with Crippen molar-refractivity contribution in [2.24, 2.45) is 0 Å². The number of hydrogen-bond acceptors (Lipinski definition) is 13. The molecule has 2 heterocycles. The molecule has 0 amide bonds. The Kier molecular flexibility index (Phi) is 26.9. The molecule has 16 heteroatoms. The Labute approximate surface area is 354 Å². The van der Waals surface area contributed by atoms with E-state index in [0.29, 0.717) is 53.2 Å². The lowest BCUT2D eigenvalue weighted by atomic mass is 10.0. The topological polar surface area (TPSA) is 155 Å². The number of hydrogen-bond donors (Lipinski definition) is 0. The lowest BCUT2D eigenvalue weighted by molar-refractivity contribution is -0.919. The number of rotatable bonds is 35. The van der Waals surface area contributed by atoms with Crippen molar-refractivity contribution >= 4 is 37.2 Å². The van der Waals surface area contributed by atoms with Crippen LogP contribution in [0.5, 0.6) is 5.88 Å². The van der Waals surface area contributed by atoms with Gasteiger partial charge in [-0.05, 0) is 12.8 Å². The van der Waals surface area contributed by atoms with Gasteiger partial charge in [-0.15, -0.1) is 4.37 Å². The lowest BCUT2D eigenvalue weighted by Crippen LogP contribution is -2.49. The molecule has 1 aromatic rings. The first kappa shape index (κ1) is 52.0. The van der Waals surface area contributed by atoms with Crippen molar-refractivity contribution < 1.29 is 56.0 Å². The highest BCUT2D eigenvalue weighted by Gasteiger charge is 2.32. The third-order valence-corrected chi connectivity index (χ3v) is 11.7. The number of ether oxygens (including phenoxy) is 4. The van der Waals surface area contributed by atoms with Gasteiger partial charge in [0.05, 0.1) is 59.7 Å². The van der Waals surface area contributed by atoms with Gasteiger partial charge in [-0.1, -0.05) is 129 Å². The van der Waals surface area contributed by atoms with E-state index in [0.717, 1.165) is 62.2 Å². The van der Waals surface area contributed by atoms with Gasteiger partial charge < -0.3 is 37.4 Å². The quantitative estimate of drug-likeness (QED) is 0.0277. The number of likely N-dealkylation sites (N-methyl/N-ethyl adjacent to an activating group) is 2. The number of carbonyl (C=O) groups is 2. The smallest absolute Gasteiger partial charge is 0.513 e. The Morgan fingerprint density at radius 3 is 2.00 bits per heavy atom. The number of aromatic nitrogens is 2. The summed E-state index contributed by atoms with van der Waals surface area (Å²) in [4.78, 5) is 38.1. The van der Waals surface area contributed by atoms with Crippen molar-refractivity contribution in [2.75, 3.05) is 81.0 Å². The van der Waals surface area contributed by atoms with E-state index < -0.39 is 32.7 Å². The molecule has 0 spiro atoms. The van der Waals surface area contributed by atoms with Crippen LogP contribution in [-0.2, 0) is 32.6 Å². The van der Waals surface area contributed by atoms with Crippen LogP contribution in [0.3, 0.4) is 0 Å². The van der Waals surface area contributed by atoms with Gasteiger partial charge in [-0.3, -0.25) is 13.8 Å². The molecule has 0 fully saturated rings. The van der Waals surface area contributed by atoms with Crippen LogP contribution in [0.2, 0.25) is 0 Å². The molecule has 0 radical (unpaired) electrons. The van der Waals surface area contributed by atoms with Crippen molar-refractivity contribution in [3.8, 4) is 5.88 Å². The molecule has 1 aromatic heterocycles. The third-order valence-electron chi connectivity index (χ3n) is 10.2. The number of esters is 1. The van der Waals surface area contributed by atoms with Crippen LogP contribution in [-0.4, -0.2) is 117 Å². The predicted octanol–water partition coefficient (Wildman–Crippen LogP) is 9.22. The molecular weight excluding hydrogens is 784 g/mol. The summed E-state index contributed by atoms with van der Waals surface area (Å²) in [5, 5.41) is 0. The van der Waals surface area contributed by atoms with E-state index >= 15 is 0 Å². The highest BCUT2D eigenvalue weighted by Crippen LogP contribution is 2.38. The van der Waals surface area contributed by atoms with E-state index in [9.17, 15) is 19.0 Å². The molecular formula is C42H78N4O10PS+. The highest BCUT2D eigenvalue weighted by atomic mass is 32.1. The predicted molar refractivity (Wildman–Crippen MR) is 227 cm³/mol. The second-order valence-electron chi connectivity index (χ2n) is 17.1. The zero-order chi connectivity index (χ0) is 42.5. The molecule has 1 aliphatic heterocycles. The number of phosphoric ester groups is 1. The number of unbranched alkanes of at least 4 members (excludes halogenated alkanes) is 17. The molecule has 2 rings (SSSR count). The van der Waals surface area contributed by atoms with Gasteiger partial charge in [0.15, 0.2) is 6.10 Å². The molecule has 3 atom stereocenters. The molecule has 0 aliphatic carbocycles. The van der Waals surface area contributed by atoms with Crippen molar-refractivity contribution in [1.29, 1.82) is 0 Å². The molecule has 3 unspecified atom stereocenters. The molecule has 0 aromatic carbocycles. The number of quaternary nitrogens is 2. The van der Waals surface area contributed by atoms with Crippen LogP contribution in [0.1, 0.15) is 154 Å². The fourth-order valence-electron chi connectivity index (χ4n) is 6.59.